The average molecular weight is 385 g/mol. The van der Waals surface area contributed by atoms with Crippen molar-refractivity contribution in [2.75, 3.05) is 0 Å². The van der Waals surface area contributed by atoms with Crippen LogP contribution in [0, 0.1) is 0 Å². The number of aliphatic carboxylic acids is 1. The van der Waals surface area contributed by atoms with Crippen LogP contribution >= 0.6 is 58.0 Å². The highest BCUT2D eigenvalue weighted by Crippen LogP contribution is 2.48. The third-order valence-corrected chi connectivity index (χ3v) is 5.01. The standard InChI is InChI=1S/C13H6Cl5NO2/c14-9-8(10(15)12(17)13(18)11(9)16)6-4-19-2-1-5(6)3-7(20)21/h1-2,4H,3H2,(H,20,21). The molecular formula is C13H6Cl5NO2. The van der Waals surface area contributed by atoms with Gasteiger partial charge in [-0.1, -0.05) is 58.0 Å². The van der Waals surface area contributed by atoms with Crippen molar-refractivity contribution in [2.24, 2.45) is 0 Å². The summed E-state index contributed by atoms with van der Waals surface area (Å²) in [5.74, 6) is -0.999. The van der Waals surface area contributed by atoms with E-state index in [9.17, 15) is 4.79 Å². The molecule has 0 unspecified atom stereocenters. The van der Waals surface area contributed by atoms with Crippen molar-refractivity contribution in [1.82, 2.24) is 4.98 Å². The van der Waals surface area contributed by atoms with Gasteiger partial charge in [-0.3, -0.25) is 9.78 Å². The van der Waals surface area contributed by atoms with Crippen LogP contribution in [0.4, 0.5) is 0 Å². The largest absolute Gasteiger partial charge is 0.481 e. The molecule has 3 nitrogen and oxygen atoms in total. The molecule has 0 saturated carbocycles. The van der Waals surface area contributed by atoms with Gasteiger partial charge in [0, 0.05) is 23.5 Å². The number of carboxylic acids is 1. The molecule has 0 saturated heterocycles. The fourth-order valence-electron chi connectivity index (χ4n) is 1.81. The molecule has 0 aliphatic heterocycles. The number of halogens is 5. The van der Waals surface area contributed by atoms with Gasteiger partial charge in [-0.05, 0) is 11.6 Å². The molecule has 1 heterocycles. The van der Waals surface area contributed by atoms with E-state index in [-0.39, 0.29) is 31.5 Å². The van der Waals surface area contributed by atoms with Crippen LogP contribution in [0.2, 0.25) is 25.1 Å². The van der Waals surface area contributed by atoms with Crippen molar-refractivity contribution in [3.05, 3.63) is 49.1 Å². The fraction of sp³-hybridized carbons (Fsp3) is 0.0769. The molecule has 1 aromatic heterocycles. The summed E-state index contributed by atoms with van der Waals surface area (Å²) in [4.78, 5) is 14.9. The van der Waals surface area contributed by atoms with Gasteiger partial charge < -0.3 is 5.11 Å². The Hall–Kier alpha value is -0.710. The summed E-state index contributed by atoms with van der Waals surface area (Å²) < 4.78 is 0. The second-order valence-corrected chi connectivity index (χ2v) is 5.94. The first-order chi connectivity index (χ1) is 9.84. The maximum atomic E-state index is 11.0. The summed E-state index contributed by atoms with van der Waals surface area (Å²) in [5.41, 5.74) is 1.23. The quantitative estimate of drug-likeness (QED) is 0.549. The number of hydrogen-bond acceptors (Lipinski definition) is 2. The number of carbonyl (C=O) groups is 1. The third-order valence-electron chi connectivity index (χ3n) is 2.73. The minimum Gasteiger partial charge on any atom is -0.481 e. The summed E-state index contributed by atoms with van der Waals surface area (Å²) >= 11 is 30.3. The van der Waals surface area contributed by atoms with Gasteiger partial charge in [0.25, 0.3) is 0 Å². The Labute approximate surface area is 145 Å². The zero-order valence-electron chi connectivity index (χ0n) is 10.1. The third kappa shape index (κ3) is 3.22. The Morgan fingerprint density at radius 1 is 1.00 bits per heavy atom. The first-order valence-corrected chi connectivity index (χ1v) is 7.40. The van der Waals surface area contributed by atoms with E-state index in [0.29, 0.717) is 16.7 Å². The molecule has 110 valence electrons. The van der Waals surface area contributed by atoms with Crippen LogP contribution < -0.4 is 0 Å². The molecule has 1 N–H and O–H groups in total. The Balaban J connectivity index is 2.77. The zero-order chi connectivity index (χ0) is 15.7. The van der Waals surface area contributed by atoms with Crippen LogP contribution in [0.1, 0.15) is 5.56 Å². The molecule has 0 spiro atoms. The van der Waals surface area contributed by atoms with E-state index in [0.717, 1.165) is 0 Å². The highest BCUT2D eigenvalue weighted by molar-refractivity contribution is 6.56. The van der Waals surface area contributed by atoms with E-state index in [1.165, 1.54) is 12.4 Å². The number of aromatic nitrogens is 1. The Bertz CT molecular complexity index is 704. The maximum absolute atomic E-state index is 11.0. The monoisotopic (exact) mass is 383 g/mol. The summed E-state index contributed by atoms with van der Waals surface area (Å²) in [7, 11) is 0. The molecule has 0 aliphatic carbocycles. The maximum Gasteiger partial charge on any atom is 0.307 e. The predicted molar refractivity (Wildman–Crippen MR) is 86.1 cm³/mol. The fourth-order valence-corrected chi connectivity index (χ4v) is 3.15. The molecule has 0 atom stereocenters. The lowest BCUT2D eigenvalue weighted by Crippen LogP contribution is -2.03. The van der Waals surface area contributed by atoms with Crippen molar-refractivity contribution < 1.29 is 9.90 Å². The van der Waals surface area contributed by atoms with E-state index in [2.05, 4.69) is 4.98 Å². The van der Waals surface area contributed by atoms with Gasteiger partial charge in [-0.15, -0.1) is 0 Å². The van der Waals surface area contributed by atoms with Crippen LogP contribution in [0.25, 0.3) is 11.1 Å². The van der Waals surface area contributed by atoms with Crippen molar-refractivity contribution >= 4 is 64.0 Å². The molecular weight excluding hydrogens is 379 g/mol. The van der Waals surface area contributed by atoms with E-state index in [1.54, 1.807) is 6.07 Å². The van der Waals surface area contributed by atoms with Crippen LogP contribution in [-0.4, -0.2) is 16.1 Å². The van der Waals surface area contributed by atoms with Crippen LogP contribution in [0.3, 0.4) is 0 Å². The van der Waals surface area contributed by atoms with Crippen molar-refractivity contribution in [2.45, 2.75) is 6.42 Å². The number of nitrogens with zero attached hydrogens (tertiary/aromatic N) is 1. The summed E-state index contributed by atoms with van der Waals surface area (Å²) in [6.07, 6.45) is 2.71. The van der Waals surface area contributed by atoms with Crippen LogP contribution in [0.15, 0.2) is 18.5 Å². The minimum absolute atomic E-state index is 0.0424. The zero-order valence-corrected chi connectivity index (χ0v) is 13.9. The summed E-state index contributed by atoms with van der Waals surface area (Å²) in [6.45, 7) is 0. The summed E-state index contributed by atoms with van der Waals surface area (Å²) in [6, 6.07) is 1.56. The molecule has 21 heavy (non-hydrogen) atoms. The smallest absolute Gasteiger partial charge is 0.307 e. The van der Waals surface area contributed by atoms with Gasteiger partial charge in [0.05, 0.1) is 31.5 Å². The molecule has 1 aromatic carbocycles. The molecule has 2 rings (SSSR count). The Morgan fingerprint density at radius 2 is 1.52 bits per heavy atom. The lowest BCUT2D eigenvalue weighted by Gasteiger charge is -2.14. The molecule has 0 radical (unpaired) electrons. The molecule has 0 bridgehead atoms. The minimum atomic E-state index is -0.999. The van der Waals surface area contributed by atoms with E-state index in [4.69, 9.17) is 63.1 Å². The van der Waals surface area contributed by atoms with Gasteiger partial charge >= 0.3 is 5.97 Å². The van der Waals surface area contributed by atoms with Crippen molar-refractivity contribution in [1.29, 1.82) is 0 Å². The second-order valence-electron chi connectivity index (χ2n) is 4.05. The molecule has 2 aromatic rings. The Morgan fingerprint density at radius 3 is 2.05 bits per heavy atom. The first kappa shape index (κ1) is 16.7. The normalized spacial score (nSPS) is 10.7. The van der Waals surface area contributed by atoms with Gasteiger partial charge in [-0.25, -0.2) is 0 Å². The van der Waals surface area contributed by atoms with Crippen molar-refractivity contribution in [3.8, 4) is 11.1 Å². The van der Waals surface area contributed by atoms with Gasteiger partial charge in [0.2, 0.25) is 0 Å². The predicted octanol–water partition coefficient (Wildman–Crippen LogP) is 5.64. The van der Waals surface area contributed by atoms with Gasteiger partial charge in [-0.2, -0.15) is 0 Å². The number of pyridine rings is 1. The van der Waals surface area contributed by atoms with E-state index >= 15 is 0 Å². The van der Waals surface area contributed by atoms with Crippen molar-refractivity contribution in [3.63, 3.8) is 0 Å². The van der Waals surface area contributed by atoms with Gasteiger partial charge in [0.1, 0.15) is 0 Å². The first-order valence-electron chi connectivity index (χ1n) is 5.51. The van der Waals surface area contributed by atoms with Crippen LogP contribution in [0.5, 0.6) is 0 Å². The second kappa shape index (κ2) is 6.59. The lowest BCUT2D eigenvalue weighted by atomic mass is 10.00. The highest BCUT2D eigenvalue weighted by Gasteiger charge is 2.22. The molecule has 8 heteroatoms. The number of carboxylic acid groups (broad SMARTS) is 1. The lowest BCUT2D eigenvalue weighted by molar-refractivity contribution is -0.136. The van der Waals surface area contributed by atoms with E-state index in [1.807, 2.05) is 0 Å². The number of benzene rings is 1. The average Bonchev–Trinajstić information content (AvgIpc) is 2.44. The molecule has 0 amide bonds. The Kier molecular flexibility index (Phi) is 5.23. The van der Waals surface area contributed by atoms with Gasteiger partial charge in [0.15, 0.2) is 0 Å². The number of rotatable bonds is 3. The molecule has 0 fully saturated rings. The van der Waals surface area contributed by atoms with E-state index < -0.39 is 5.97 Å². The SMILES string of the molecule is O=C(O)Cc1ccncc1-c1c(Cl)c(Cl)c(Cl)c(Cl)c1Cl. The van der Waals surface area contributed by atoms with Crippen LogP contribution in [-0.2, 0) is 11.2 Å². The molecule has 0 aliphatic rings. The highest BCUT2D eigenvalue weighted by atomic mass is 35.5. The topological polar surface area (TPSA) is 50.2 Å². The number of hydrogen-bond donors (Lipinski definition) is 1. The summed E-state index contributed by atoms with van der Waals surface area (Å²) in [5, 5.41) is 9.30.